The first-order valence-electron chi connectivity index (χ1n) is 7.39. The molecule has 108 valence electrons. The second-order valence-corrected chi connectivity index (χ2v) is 5.56. The van der Waals surface area contributed by atoms with Gasteiger partial charge in [0.15, 0.2) is 0 Å². The third kappa shape index (κ3) is 2.57. The molecular formula is C18H20N2O. The number of rotatable bonds is 2. The van der Waals surface area contributed by atoms with Crippen molar-refractivity contribution >= 4 is 11.6 Å². The number of anilines is 1. The van der Waals surface area contributed by atoms with Crippen LogP contribution in [0, 0.1) is 6.92 Å². The summed E-state index contributed by atoms with van der Waals surface area (Å²) in [6.07, 6.45) is 2.02. The normalized spacial score (nSPS) is 15.4. The molecule has 0 aromatic heterocycles. The number of nitrogens with two attached hydrogens (primary N) is 1. The third-order valence-electron chi connectivity index (χ3n) is 4.11. The molecular weight excluding hydrogens is 260 g/mol. The number of amides is 1. The maximum absolute atomic E-state index is 12.8. The number of hydrogen-bond acceptors (Lipinski definition) is 2. The van der Waals surface area contributed by atoms with Crippen molar-refractivity contribution in [3.63, 3.8) is 0 Å². The molecule has 21 heavy (non-hydrogen) atoms. The van der Waals surface area contributed by atoms with Gasteiger partial charge in [0.25, 0.3) is 0 Å². The lowest BCUT2D eigenvalue weighted by Gasteiger charge is -2.33. The molecule has 0 bridgehead atoms. The van der Waals surface area contributed by atoms with Gasteiger partial charge in [-0.1, -0.05) is 48.5 Å². The van der Waals surface area contributed by atoms with E-state index in [1.807, 2.05) is 35.2 Å². The number of aryl methyl sites for hydroxylation is 2. The van der Waals surface area contributed by atoms with Gasteiger partial charge in [0.1, 0.15) is 6.04 Å². The molecule has 0 fully saturated rings. The molecule has 3 heteroatoms. The molecule has 1 amide bonds. The van der Waals surface area contributed by atoms with Gasteiger partial charge in [-0.3, -0.25) is 4.79 Å². The molecule has 1 aliphatic heterocycles. The second kappa shape index (κ2) is 5.70. The van der Waals surface area contributed by atoms with E-state index >= 15 is 0 Å². The molecule has 0 aliphatic carbocycles. The van der Waals surface area contributed by atoms with E-state index in [4.69, 9.17) is 5.73 Å². The lowest BCUT2D eigenvalue weighted by molar-refractivity contribution is -0.120. The van der Waals surface area contributed by atoms with E-state index in [0.717, 1.165) is 36.2 Å². The van der Waals surface area contributed by atoms with Gasteiger partial charge in [-0.25, -0.2) is 0 Å². The molecule has 0 unspecified atom stereocenters. The number of carbonyl (C=O) groups is 1. The summed E-state index contributed by atoms with van der Waals surface area (Å²) in [4.78, 5) is 14.7. The number of benzene rings is 2. The summed E-state index contributed by atoms with van der Waals surface area (Å²) in [5.74, 6) is -0.0172. The van der Waals surface area contributed by atoms with Crippen molar-refractivity contribution in [1.29, 1.82) is 0 Å². The second-order valence-electron chi connectivity index (χ2n) is 5.56. The highest BCUT2D eigenvalue weighted by Crippen LogP contribution is 2.32. The highest BCUT2D eigenvalue weighted by molar-refractivity contribution is 5.99. The smallest absolute Gasteiger partial charge is 0.248 e. The van der Waals surface area contributed by atoms with Gasteiger partial charge in [0.2, 0.25) is 5.91 Å². The Morgan fingerprint density at radius 1 is 1.14 bits per heavy atom. The number of para-hydroxylation sites is 1. The van der Waals surface area contributed by atoms with E-state index in [9.17, 15) is 4.79 Å². The van der Waals surface area contributed by atoms with E-state index in [-0.39, 0.29) is 5.91 Å². The topological polar surface area (TPSA) is 46.3 Å². The molecule has 2 N–H and O–H groups in total. The summed E-state index contributed by atoms with van der Waals surface area (Å²) in [6.45, 7) is 2.80. The molecule has 0 saturated heterocycles. The van der Waals surface area contributed by atoms with Crippen LogP contribution in [-0.2, 0) is 11.2 Å². The van der Waals surface area contributed by atoms with Crippen LogP contribution in [0.1, 0.15) is 29.2 Å². The molecule has 0 radical (unpaired) electrons. The summed E-state index contributed by atoms with van der Waals surface area (Å²) in [5, 5.41) is 0. The van der Waals surface area contributed by atoms with Gasteiger partial charge < -0.3 is 10.6 Å². The van der Waals surface area contributed by atoms with Crippen molar-refractivity contribution in [2.45, 2.75) is 25.8 Å². The maximum atomic E-state index is 12.8. The van der Waals surface area contributed by atoms with Gasteiger partial charge in [0, 0.05) is 12.2 Å². The molecule has 3 nitrogen and oxygen atoms in total. The summed E-state index contributed by atoms with van der Waals surface area (Å²) >= 11 is 0. The predicted molar refractivity (Wildman–Crippen MR) is 85.2 cm³/mol. The Bertz CT molecular complexity index is 652. The molecule has 1 atom stereocenters. The Labute approximate surface area is 125 Å². The van der Waals surface area contributed by atoms with Crippen molar-refractivity contribution in [3.05, 3.63) is 65.2 Å². The molecule has 2 aromatic rings. The maximum Gasteiger partial charge on any atom is 0.248 e. The first-order valence-corrected chi connectivity index (χ1v) is 7.39. The number of hydrogen-bond donors (Lipinski definition) is 1. The first kappa shape index (κ1) is 13.8. The Hall–Kier alpha value is -2.13. The molecule has 1 aliphatic rings. The van der Waals surface area contributed by atoms with Crippen molar-refractivity contribution in [3.8, 4) is 0 Å². The summed E-state index contributed by atoms with van der Waals surface area (Å²) in [5.41, 5.74) is 10.5. The van der Waals surface area contributed by atoms with Crippen LogP contribution < -0.4 is 10.6 Å². The lowest BCUT2D eigenvalue weighted by atomic mass is 9.96. The fourth-order valence-corrected chi connectivity index (χ4v) is 3.04. The molecule has 1 heterocycles. The van der Waals surface area contributed by atoms with Crippen molar-refractivity contribution in [2.24, 2.45) is 5.73 Å². The average Bonchev–Trinajstić information content (AvgIpc) is 2.54. The lowest BCUT2D eigenvalue weighted by Crippen LogP contribution is -2.42. The van der Waals surface area contributed by atoms with Crippen LogP contribution in [0.5, 0.6) is 0 Å². The monoisotopic (exact) mass is 280 g/mol. The standard InChI is InChI=1S/C18H20N2O/c1-13-7-5-10-15-11-6-12-20(17(13)15)18(21)16(19)14-8-3-2-4-9-14/h2-5,7-10,16H,6,11-12,19H2,1H3/t16-/m0/s1. The van der Waals surface area contributed by atoms with E-state index in [2.05, 4.69) is 25.1 Å². The van der Waals surface area contributed by atoms with Crippen LogP contribution in [0.15, 0.2) is 48.5 Å². The fourth-order valence-electron chi connectivity index (χ4n) is 3.04. The number of fused-ring (bicyclic) bond motifs is 1. The van der Waals surface area contributed by atoms with E-state index in [0.29, 0.717) is 0 Å². The van der Waals surface area contributed by atoms with E-state index < -0.39 is 6.04 Å². The van der Waals surface area contributed by atoms with Gasteiger partial charge in [-0.05, 0) is 36.5 Å². The quantitative estimate of drug-likeness (QED) is 0.919. The molecule has 0 spiro atoms. The molecule has 2 aromatic carbocycles. The first-order chi connectivity index (χ1) is 10.2. The summed E-state index contributed by atoms with van der Waals surface area (Å²) < 4.78 is 0. The SMILES string of the molecule is Cc1cccc2c1N(C(=O)[C@@H](N)c1ccccc1)CCC2. The van der Waals surface area contributed by atoms with Gasteiger partial charge in [-0.15, -0.1) is 0 Å². The predicted octanol–water partition coefficient (Wildman–Crippen LogP) is 2.97. The van der Waals surface area contributed by atoms with Crippen LogP contribution in [0.3, 0.4) is 0 Å². The van der Waals surface area contributed by atoms with E-state index in [1.165, 1.54) is 5.56 Å². The van der Waals surface area contributed by atoms with Gasteiger partial charge >= 0.3 is 0 Å². The van der Waals surface area contributed by atoms with Crippen molar-refractivity contribution < 1.29 is 4.79 Å². The van der Waals surface area contributed by atoms with E-state index in [1.54, 1.807) is 0 Å². The minimum Gasteiger partial charge on any atom is -0.316 e. The Morgan fingerprint density at radius 2 is 1.90 bits per heavy atom. The Balaban J connectivity index is 1.94. The zero-order valence-electron chi connectivity index (χ0n) is 12.3. The third-order valence-corrected chi connectivity index (χ3v) is 4.11. The number of nitrogens with zero attached hydrogens (tertiary/aromatic N) is 1. The number of carbonyl (C=O) groups excluding carboxylic acids is 1. The molecule has 0 saturated carbocycles. The van der Waals surface area contributed by atoms with Gasteiger partial charge in [0.05, 0.1) is 0 Å². The van der Waals surface area contributed by atoms with Crippen LogP contribution in [0.2, 0.25) is 0 Å². The highest BCUT2D eigenvalue weighted by Gasteiger charge is 2.28. The largest absolute Gasteiger partial charge is 0.316 e. The average molecular weight is 280 g/mol. The van der Waals surface area contributed by atoms with Crippen molar-refractivity contribution in [2.75, 3.05) is 11.4 Å². The minimum absolute atomic E-state index is 0.0172. The minimum atomic E-state index is -0.600. The van der Waals surface area contributed by atoms with Crippen LogP contribution >= 0.6 is 0 Å². The van der Waals surface area contributed by atoms with Crippen LogP contribution in [0.25, 0.3) is 0 Å². The van der Waals surface area contributed by atoms with Gasteiger partial charge in [-0.2, -0.15) is 0 Å². The van der Waals surface area contributed by atoms with Crippen LogP contribution in [0.4, 0.5) is 5.69 Å². The summed E-state index contributed by atoms with van der Waals surface area (Å²) in [7, 11) is 0. The van der Waals surface area contributed by atoms with Crippen LogP contribution in [-0.4, -0.2) is 12.5 Å². The fraction of sp³-hybridized carbons (Fsp3) is 0.278. The molecule has 3 rings (SSSR count). The Kier molecular flexibility index (Phi) is 3.76. The van der Waals surface area contributed by atoms with Crippen molar-refractivity contribution in [1.82, 2.24) is 0 Å². The zero-order chi connectivity index (χ0) is 14.8. The highest BCUT2D eigenvalue weighted by atomic mass is 16.2. The summed E-state index contributed by atoms with van der Waals surface area (Å²) in [6, 6.07) is 15.2. The zero-order valence-corrected chi connectivity index (χ0v) is 12.3. The Morgan fingerprint density at radius 3 is 2.67 bits per heavy atom.